The smallest absolute Gasteiger partial charge is 0.158 e. The molecule has 1 unspecified atom stereocenters. The lowest BCUT2D eigenvalue weighted by molar-refractivity contribution is 0.128. The molecule has 7 heteroatoms. The summed E-state index contributed by atoms with van der Waals surface area (Å²) in [5.74, 6) is 7.56. The fraction of sp³-hybridized carbons (Fsp3) is 0.667. The van der Waals surface area contributed by atoms with Crippen LogP contribution < -0.4 is 16.6 Å². The van der Waals surface area contributed by atoms with Gasteiger partial charge in [0.25, 0.3) is 0 Å². The van der Waals surface area contributed by atoms with Crippen LogP contribution in [0.2, 0.25) is 0 Å². The van der Waals surface area contributed by atoms with Crippen LogP contribution in [-0.2, 0) is 11.3 Å². The zero-order valence-corrected chi connectivity index (χ0v) is 11.5. The van der Waals surface area contributed by atoms with Gasteiger partial charge in [-0.3, -0.25) is 0 Å². The second-order valence-corrected chi connectivity index (χ2v) is 4.33. The number of anilines is 2. The van der Waals surface area contributed by atoms with Crippen LogP contribution in [0.1, 0.15) is 26.1 Å². The average molecular weight is 269 g/mol. The fourth-order valence-electron chi connectivity index (χ4n) is 1.52. The van der Waals surface area contributed by atoms with Crippen LogP contribution in [-0.4, -0.2) is 34.8 Å². The first-order chi connectivity index (χ1) is 9.19. The first kappa shape index (κ1) is 15.6. The maximum Gasteiger partial charge on any atom is 0.158 e. The Bertz CT molecular complexity index is 375. The van der Waals surface area contributed by atoms with Gasteiger partial charge in [0.1, 0.15) is 18.2 Å². The Balaban J connectivity index is 2.65. The number of aliphatic hydroxyl groups excluding tert-OH is 1. The summed E-state index contributed by atoms with van der Waals surface area (Å²) in [7, 11) is 0. The maximum absolute atomic E-state index is 8.86. The number of nitrogens with two attached hydrogens (primary N) is 1. The van der Waals surface area contributed by atoms with Crippen LogP contribution in [0.4, 0.5) is 11.6 Å². The van der Waals surface area contributed by atoms with E-state index in [-0.39, 0.29) is 6.61 Å². The number of nitrogens with one attached hydrogen (secondary N) is 2. The average Bonchev–Trinajstić information content (AvgIpc) is 2.43. The van der Waals surface area contributed by atoms with Crippen molar-refractivity contribution in [3.8, 4) is 0 Å². The van der Waals surface area contributed by atoms with E-state index in [1.54, 1.807) is 6.07 Å². The predicted molar refractivity (Wildman–Crippen MR) is 74.5 cm³/mol. The van der Waals surface area contributed by atoms with Gasteiger partial charge in [0.05, 0.1) is 0 Å². The minimum Gasteiger partial charge on any atom is -0.396 e. The molecular weight excluding hydrogens is 246 g/mol. The standard InChI is InChI=1S/C12H23N5O2/c1-3-19-8-12-15-10(6-11(16-12)17-13)14-7-9(2)4-5-18/h6,9,18H,3-5,7-8,13H2,1-2H3,(H2,14,15,16,17). The minimum absolute atomic E-state index is 0.192. The van der Waals surface area contributed by atoms with Gasteiger partial charge >= 0.3 is 0 Å². The van der Waals surface area contributed by atoms with E-state index in [1.165, 1.54) is 0 Å². The number of ether oxygens (including phenoxy) is 1. The largest absolute Gasteiger partial charge is 0.396 e. The van der Waals surface area contributed by atoms with Crippen molar-refractivity contribution in [2.45, 2.75) is 26.9 Å². The summed E-state index contributed by atoms with van der Waals surface area (Å²) in [5, 5.41) is 12.1. The maximum atomic E-state index is 8.86. The Labute approximate surface area is 113 Å². The van der Waals surface area contributed by atoms with Gasteiger partial charge in [-0.1, -0.05) is 6.92 Å². The van der Waals surface area contributed by atoms with Crippen LogP contribution in [0.5, 0.6) is 0 Å². The number of rotatable bonds is 9. The van der Waals surface area contributed by atoms with Gasteiger partial charge in [-0.25, -0.2) is 15.8 Å². The van der Waals surface area contributed by atoms with E-state index in [9.17, 15) is 0 Å². The highest BCUT2D eigenvalue weighted by molar-refractivity contribution is 5.46. The Morgan fingerprint density at radius 3 is 2.79 bits per heavy atom. The molecule has 5 N–H and O–H groups in total. The van der Waals surface area contributed by atoms with Crippen molar-refractivity contribution in [2.24, 2.45) is 11.8 Å². The molecule has 0 radical (unpaired) electrons. The fourth-order valence-corrected chi connectivity index (χ4v) is 1.52. The Kier molecular flexibility index (Phi) is 7.09. The van der Waals surface area contributed by atoms with Crippen molar-refractivity contribution >= 4 is 11.6 Å². The molecule has 0 saturated heterocycles. The molecule has 0 aliphatic rings. The monoisotopic (exact) mass is 269 g/mol. The normalized spacial score (nSPS) is 12.2. The van der Waals surface area contributed by atoms with Crippen molar-refractivity contribution in [3.63, 3.8) is 0 Å². The van der Waals surface area contributed by atoms with Crippen molar-refractivity contribution in [1.82, 2.24) is 9.97 Å². The summed E-state index contributed by atoms with van der Waals surface area (Å²) in [6.07, 6.45) is 0.756. The molecule has 1 rings (SSSR count). The molecule has 0 saturated carbocycles. The summed E-state index contributed by atoms with van der Waals surface area (Å²) in [4.78, 5) is 8.55. The van der Waals surface area contributed by atoms with E-state index in [0.717, 1.165) is 13.0 Å². The van der Waals surface area contributed by atoms with Crippen molar-refractivity contribution in [3.05, 3.63) is 11.9 Å². The highest BCUT2D eigenvalue weighted by Crippen LogP contribution is 2.12. The second kappa shape index (κ2) is 8.63. The number of hydrazine groups is 1. The molecule has 0 aliphatic carbocycles. The van der Waals surface area contributed by atoms with E-state index >= 15 is 0 Å². The van der Waals surface area contributed by atoms with Gasteiger partial charge in [0, 0.05) is 25.8 Å². The molecule has 0 aromatic carbocycles. The van der Waals surface area contributed by atoms with Crippen molar-refractivity contribution in [2.75, 3.05) is 30.5 Å². The van der Waals surface area contributed by atoms with E-state index in [0.29, 0.717) is 36.6 Å². The molecule has 7 nitrogen and oxygen atoms in total. The number of hydrogen-bond donors (Lipinski definition) is 4. The van der Waals surface area contributed by atoms with Crippen LogP contribution in [0.3, 0.4) is 0 Å². The second-order valence-electron chi connectivity index (χ2n) is 4.33. The first-order valence-electron chi connectivity index (χ1n) is 6.46. The third-order valence-electron chi connectivity index (χ3n) is 2.61. The molecule has 1 heterocycles. The molecule has 1 aromatic heterocycles. The molecule has 1 atom stereocenters. The van der Waals surface area contributed by atoms with Gasteiger partial charge in [-0.15, -0.1) is 0 Å². The molecule has 1 aromatic rings. The zero-order chi connectivity index (χ0) is 14.1. The molecule has 0 amide bonds. The Morgan fingerprint density at radius 1 is 1.42 bits per heavy atom. The number of aromatic nitrogens is 2. The molecule has 19 heavy (non-hydrogen) atoms. The summed E-state index contributed by atoms with van der Waals surface area (Å²) in [6, 6.07) is 1.74. The van der Waals surface area contributed by atoms with Crippen molar-refractivity contribution < 1.29 is 9.84 Å². The summed E-state index contributed by atoms with van der Waals surface area (Å²) >= 11 is 0. The molecule has 108 valence electrons. The molecule has 0 aliphatic heterocycles. The van der Waals surface area contributed by atoms with E-state index < -0.39 is 0 Å². The van der Waals surface area contributed by atoms with Gasteiger partial charge < -0.3 is 20.6 Å². The third kappa shape index (κ3) is 5.82. The SMILES string of the molecule is CCOCc1nc(NN)cc(NCC(C)CCO)n1. The number of hydrogen-bond acceptors (Lipinski definition) is 7. The Morgan fingerprint density at radius 2 is 2.16 bits per heavy atom. The molecule has 0 bridgehead atoms. The van der Waals surface area contributed by atoms with Crippen LogP contribution >= 0.6 is 0 Å². The van der Waals surface area contributed by atoms with Crippen LogP contribution in [0, 0.1) is 5.92 Å². The lowest BCUT2D eigenvalue weighted by atomic mass is 10.1. The first-order valence-corrected chi connectivity index (χ1v) is 6.46. The summed E-state index contributed by atoms with van der Waals surface area (Å²) < 4.78 is 5.28. The van der Waals surface area contributed by atoms with Gasteiger partial charge in [-0.2, -0.15) is 0 Å². The number of nitrogens with zero attached hydrogens (tertiary/aromatic N) is 2. The minimum atomic E-state index is 0.192. The van der Waals surface area contributed by atoms with Crippen LogP contribution in [0.15, 0.2) is 6.07 Å². The number of aliphatic hydroxyl groups is 1. The lowest BCUT2D eigenvalue weighted by Gasteiger charge is -2.13. The van der Waals surface area contributed by atoms with E-state index in [2.05, 4.69) is 27.6 Å². The van der Waals surface area contributed by atoms with Gasteiger partial charge in [-0.05, 0) is 19.3 Å². The lowest BCUT2D eigenvalue weighted by Crippen LogP contribution is -2.16. The predicted octanol–water partition coefficient (Wildman–Crippen LogP) is 0.729. The molecular formula is C12H23N5O2. The third-order valence-corrected chi connectivity index (χ3v) is 2.61. The van der Waals surface area contributed by atoms with Gasteiger partial charge in [0.15, 0.2) is 5.82 Å². The Hall–Kier alpha value is -1.44. The topological polar surface area (TPSA) is 105 Å². The zero-order valence-electron chi connectivity index (χ0n) is 11.5. The van der Waals surface area contributed by atoms with E-state index in [1.807, 2.05) is 6.92 Å². The summed E-state index contributed by atoms with van der Waals surface area (Å²) in [6.45, 7) is 5.87. The van der Waals surface area contributed by atoms with Crippen molar-refractivity contribution in [1.29, 1.82) is 0 Å². The highest BCUT2D eigenvalue weighted by Gasteiger charge is 2.06. The van der Waals surface area contributed by atoms with E-state index in [4.69, 9.17) is 15.7 Å². The highest BCUT2D eigenvalue weighted by atomic mass is 16.5. The molecule has 0 fully saturated rings. The number of nitrogen functional groups attached to an aromatic ring is 1. The summed E-state index contributed by atoms with van der Waals surface area (Å²) in [5.41, 5.74) is 2.51. The molecule has 0 spiro atoms. The van der Waals surface area contributed by atoms with Gasteiger partial charge in [0.2, 0.25) is 0 Å². The quantitative estimate of drug-likeness (QED) is 0.387. The van der Waals surface area contributed by atoms with Crippen LogP contribution in [0.25, 0.3) is 0 Å².